The Balaban J connectivity index is 2.12. The zero-order valence-corrected chi connectivity index (χ0v) is 51.4. The summed E-state index contributed by atoms with van der Waals surface area (Å²) >= 11 is 0. The van der Waals surface area contributed by atoms with Crippen LogP contribution in [0.25, 0.3) is 0 Å². The number of ether oxygens (including phenoxy) is 2. The minimum Gasteiger partial charge on any atom is -0.394 e. The molecule has 0 aromatic rings. The standard InChI is InChI=1S/C69H131NO8/c1-3-5-7-9-11-13-15-17-19-21-23-25-27-28-29-30-31-32-33-34-35-37-38-40-42-44-46-48-50-52-54-56-58-63(72)62(61-77-69-68(76)67(75)66(74)64(60-71)78-69)70-65(73)59-57-55-53-51-49-47-45-43-41-39-36-26-24-22-20-18-16-14-12-10-8-6-4-2/h16,18,22,24,36,39,62-64,66-69,71-72,74-76H,3-15,17,19-21,23,25-35,37-38,40-61H2,1-2H3,(H,70,73)/b18-16-,24-22-,39-36-. The van der Waals surface area contributed by atoms with Crippen molar-refractivity contribution < 1.29 is 39.8 Å². The van der Waals surface area contributed by atoms with Crippen LogP contribution in [0.1, 0.15) is 341 Å². The van der Waals surface area contributed by atoms with Gasteiger partial charge in [0.2, 0.25) is 5.91 Å². The number of unbranched alkanes of at least 4 members (excludes halogenated alkanes) is 44. The zero-order chi connectivity index (χ0) is 56.5. The molecule has 9 nitrogen and oxygen atoms in total. The van der Waals surface area contributed by atoms with Crippen LogP contribution in [-0.4, -0.2) is 87.5 Å². The van der Waals surface area contributed by atoms with Gasteiger partial charge in [-0.15, -0.1) is 0 Å². The maximum atomic E-state index is 13.1. The van der Waals surface area contributed by atoms with E-state index in [1.54, 1.807) is 0 Å². The van der Waals surface area contributed by atoms with Crippen LogP contribution in [0.5, 0.6) is 0 Å². The number of amides is 1. The Morgan fingerprint density at radius 3 is 1.12 bits per heavy atom. The highest BCUT2D eigenvalue weighted by molar-refractivity contribution is 5.76. The molecule has 1 fully saturated rings. The van der Waals surface area contributed by atoms with Crippen molar-refractivity contribution in [1.82, 2.24) is 5.32 Å². The van der Waals surface area contributed by atoms with Gasteiger partial charge in [0, 0.05) is 6.42 Å². The van der Waals surface area contributed by atoms with Gasteiger partial charge in [-0.3, -0.25) is 4.79 Å². The molecule has 0 aromatic heterocycles. The summed E-state index contributed by atoms with van der Waals surface area (Å²) in [6.07, 6.45) is 70.6. The minimum absolute atomic E-state index is 0.140. The highest BCUT2D eigenvalue weighted by atomic mass is 16.7. The van der Waals surface area contributed by atoms with Crippen LogP contribution in [0.4, 0.5) is 0 Å². The molecule has 0 bridgehead atoms. The first-order chi connectivity index (χ1) is 38.3. The van der Waals surface area contributed by atoms with E-state index in [9.17, 15) is 30.3 Å². The second-order valence-corrected chi connectivity index (χ2v) is 24.0. The summed E-state index contributed by atoms with van der Waals surface area (Å²) in [7, 11) is 0. The van der Waals surface area contributed by atoms with Crippen molar-refractivity contribution in [3.05, 3.63) is 36.5 Å². The summed E-state index contributed by atoms with van der Waals surface area (Å²) in [6.45, 7) is 3.87. The van der Waals surface area contributed by atoms with Gasteiger partial charge in [-0.2, -0.15) is 0 Å². The number of nitrogens with one attached hydrogen (secondary N) is 1. The molecule has 9 heteroatoms. The maximum Gasteiger partial charge on any atom is 0.220 e. The molecule has 0 spiro atoms. The largest absolute Gasteiger partial charge is 0.394 e. The first kappa shape index (κ1) is 74.4. The number of aliphatic hydroxyl groups excluding tert-OH is 5. The van der Waals surface area contributed by atoms with E-state index in [1.807, 2.05) is 0 Å². The van der Waals surface area contributed by atoms with Gasteiger partial charge in [0.15, 0.2) is 6.29 Å². The molecule has 1 saturated heterocycles. The van der Waals surface area contributed by atoms with Gasteiger partial charge in [0.05, 0.1) is 25.4 Å². The highest BCUT2D eigenvalue weighted by Gasteiger charge is 2.44. The Labute approximate surface area is 482 Å². The van der Waals surface area contributed by atoms with Crippen molar-refractivity contribution in [2.45, 2.75) is 384 Å². The van der Waals surface area contributed by atoms with E-state index < -0.39 is 49.5 Å². The molecular weight excluding hydrogens is 971 g/mol. The molecule has 0 radical (unpaired) electrons. The van der Waals surface area contributed by atoms with E-state index in [-0.39, 0.29) is 12.5 Å². The quantitative estimate of drug-likeness (QED) is 0.0261. The topological polar surface area (TPSA) is 149 Å². The summed E-state index contributed by atoms with van der Waals surface area (Å²) in [5.74, 6) is -0.147. The first-order valence-electron chi connectivity index (χ1n) is 34.2. The lowest BCUT2D eigenvalue weighted by molar-refractivity contribution is -0.302. The van der Waals surface area contributed by atoms with Crippen LogP contribution in [0, 0.1) is 0 Å². The summed E-state index contributed by atoms with van der Waals surface area (Å²) in [5.41, 5.74) is 0. The third-order valence-corrected chi connectivity index (χ3v) is 16.5. The minimum atomic E-state index is -1.56. The number of aliphatic hydroxyl groups is 5. The van der Waals surface area contributed by atoms with Gasteiger partial charge in [-0.25, -0.2) is 0 Å². The van der Waals surface area contributed by atoms with E-state index in [0.717, 1.165) is 57.8 Å². The lowest BCUT2D eigenvalue weighted by Crippen LogP contribution is -2.60. The predicted octanol–water partition coefficient (Wildman–Crippen LogP) is 18.3. The maximum absolute atomic E-state index is 13.1. The van der Waals surface area contributed by atoms with Crippen molar-refractivity contribution in [3.8, 4) is 0 Å². The monoisotopic (exact) mass is 1100 g/mol. The fourth-order valence-corrected chi connectivity index (χ4v) is 11.1. The molecule has 1 aliphatic rings. The molecule has 6 N–H and O–H groups in total. The van der Waals surface area contributed by atoms with Crippen LogP contribution in [0.3, 0.4) is 0 Å². The number of hydrogen-bond acceptors (Lipinski definition) is 8. The summed E-state index contributed by atoms with van der Waals surface area (Å²) < 4.78 is 11.4. The van der Waals surface area contributed by atoms with Crippen LogP contribution in [0.2, 0.25) is 0 Å². The van der Waals surface area contributed by atoms with E-state index in [4.69, 9.17) is 9.47 Å². The summed E-state index contributed by atoms with van der Waals surface area (Å²) in [6, 6.07) is -0.725. The molecular formula is C69H131NO8. The molecule has 7 atom stereocenters. The SMILES string of the molecule is CCCCCCC/C=C\C/C=C\C/C=C\CCCCCCCCCCC(=O)NC(COC1OC(CO)C(O)C(O)C1O)C(O)CCCCCCCCCCCCCCCCCCCCCCCCCCCCCCCCCC. The number of carbonyl (C=O) groups is 1. The first-order valence-corrected chi connectivity index (χ1v) is 34.2. The average Bonchev–Trinajstić information content (AvgIpc) is 3.45. The van der Waals surface area contributed by atoms with E-state index >= 15 is 0 Å². The molecule has 1 aliphatic heterocycles. The fraction of sp³-hybridized carbons (Fsp3) is 0.899. The molecule has 7 unspecified atom stereocenters. The van der Waals surface area contributed by atoms with Crippen molar-refractivity contribution >= 4 is 5.91 Å². The Morgan fingerprint density at radius 2 is 0.756 bits per heavy atom. The van der Waals surface area contributed by atoms with Gasteiger partial charge in [-0.1, -0.05) is 320 Å². The Hall–Kier alpha value is -1.59. The normalized spacial score (nSPS) is 18.8. The molecule has 1 amide bonds. The number of rotatable bonds is 60. The molecule has 78 heavy (non-hydrogen) atoms. The average molecular weight is 1100 g/mol. The van der Waals surface area contributed by atoms with Gasteiger partial charge >= 0.3 is 0 Å². The Bertz CT molecular complexity index is 1320. The van der Waals surface area contributed by atoms with Crippen LogP contribution in [-0.2, 0) is 14.3 Å². The third kappa shape index (κ3) is 47.0. The van der Waals surface area contributed by atoms with Crippen LogP contribution >= 0.6 is 0 Å². The van der Waals surface area contributed by atoms with Crippen molar-refractivity contribution in [1.29, 1.82) is 0 Å². The molecule has 0 saturated carbocycles. The predicted molar refractivity (Wildman–Crippen MR) is 332 cm³/mol. The summed E-state index contributed by atoms with van der Waals surface area (Å²) in [5, 5.41) is 54.9. The van der Waals surface area contributed by atoms with Gasteiger partial charge < -0.3 is 40.3 Å². The number of allylic oxidation sites excluding steroid dienone is 6. The summed E-state index contributed by atoms with van der Waals surface area (Å²) in [4.78, 5) is 13.1. The van der Waals surface area contributed by atoms with E-state index in [1.165, 1.54) is 257 Å². The van der Waals surface area contributed by atoms with E-state index in [2.05, 4.69) is 55.6 Å². The van der Waals surface area contributed by atoms with Gasteiger partial charge in [-0.05, 0) is 51.4 Å². The van der Waals surface area contributed by atoms with Crippen LogP contribution in [0.15, 0.2) is 36.5 Å². The second kappa shape index (κ2) is 58.6. The van der Waals surface area contributed by atoms with E-state index in [0.29, 0.717) is 12.8 Å². The number of carbonyl (C=O) groups excluding carboxylic acids is 1. The molecule has 1 rings (SSSR count). The Kier molecular flexibility index (Phi) is 55.9. The fourth-order valence-electron chi connectivity index (χ4n) is 11.1. The van der Waals surface area contributed by atoms with Crippen molar-refractivity contribution in [3.63, 3.8) is 0 Å². The molecule has 460 valence electrons. The lowest BCUT2D eigenvalue weighted by atomic mass is 9.99. The third-order valence-electron chi connectivity index (χ3n) is 16.5. The Morgan fingerprint density at radius 1 is 0.436 bits per heavy atom. The van der Waals surface area contributed by atoms with Crippen LogP contribution < -0.4 is 5.32 Å². The van der Waals surface area contributed by atoms with Crippen molar-refractivity contribution in [2.75, 3.05) is 13.2 Å². The highest BCUT2D eigenvalue weighted by Crippen LogP contribution is 2.24. The van der Waals surface area contributed by atoms with Gasteiger partial charge in [0.1, 0.15) is 24.4 Å². The molecule has 0 aliphatic carbocycles. The molecule has 0 aromatic carbocycles. The lowest BCUT2D eigenvalue weighted by Gasteiger charge is -2.40. The second-order valence-electron chi connectivity index (χ2n) is 24.0. The van der Waals surface area contributed by atoms with Gasteiger partial charge in [0.25, 0.3) is 0 Å². The smallest absolute Gasteiger partial charge is 0.220 e. The van der Waals surface area contributed by atoms with Crippen molar-refractivity contribution in [2.24, 2.45) is 0 Å². The zero-order valence-electron chi connectivity index (χ0n) is 51.4. The number of hydrogen-bond donors (Lipinski definition) is 6. The molecule has 1 heterocycles.